The predicted molar refractivity (Wildman–Crippen MR) is 79.9 cm³/mol. The third-order valence-electron chi connectivity index (χ3n) is 3.42. The molecule has 0 bridgehead atoms. The zero-order chi connectivity index (χ0) is 16.1. The van der Waals surface area contributed by atoms with Crippen LogP contribution in [0.1, 0.15) is 31.1 Å². The van der Waals surface area contributed by atoms with Gasteiger partial charge in [0.15, 0.2) is 0 Å². The maximum atomic E-state index is 12.0. The van der Waals surface area contributed by atoms with Crippen molar-refractivity contribution in [3.05, 3.63) is 34.9 Å². The van der Waals surface area contributed by atoms with Gasteiger partial charge in [0, 0.05) is 39.4 Å². The highest BCUT2D eigenvalue weighted by molar-refractivity contribution is 6.21. The summed E-state index contributed by atoms with van der Waals surface area (Å²) in [4.78, 5) is 36.7. The lowest BCUT2D eigenvalue weighted by Crippen LogP contribution is -2.33. The first-order chi connectivity index (χ1) is 10.6. The Balaban J connectivity index is 1.92. The van der Waals surface area contributed by atoms with Gasteiger partial charge < -0.3 is 15.4 Å². The molecule has 2 rings (SSSR count). The Kier molecular flexibility index (Phi) is 5.24. The third kappa shape index (κ3) is 3.32. The number of amides is 3. The molecular formula is C15H19N3O4. The first kappa shape index (κ1) is 16.1. The van der Waals surface area contributed by atoms with E-state index in [0.29, 0.717) is 37.4 Å². The van der Waals surface area contributed by atoms with Gasteiger partial charge in [-0.25, -0.2) is 0 Å². The van der Waals surface area contributed by atoms with Gasteiger partial charge in [-0.3, -0.25) is 19.3 Å². The molecule has 2 N–H and O–H groups in total. The Labute approximate surface area is 128 Å². The molecule has 0 aromatic heterocycles. The number of methoxy groups -OCH3 is 1. The molecule has 0 spiro atoms. The minimum atomic E-state index is -0.379. The average molecular weight is 305 g/mol. The van der Waals surface area contributed by atoms with E-state index in [1.807, 2.05) is 0 Å². The van der Waals surface area contributed by atoms with Gasteiger partial charge in [-0.1, -0.05) is 0 Å². The van der Waals surface area contributed by atoms with Crippen LogP contribution in [0.5, 0.6) is 0 Å². The number of fused-ring (bicyclic) bond motifs is 1. The van der Waals surface area contributed by atoms with Crippen LogP contribution >= 0.6 is 0 Å². The Morgan fingerprint density at radius 2 is 1.86 bits per heavy atom. The second-order valence-corrected chi connectivity index (χ2v) is 4.93. The highest BCUT2D eigenvalue weighted by Gasteiger charge is 2.33. The highest BCUT2D eigenvalue weighted by atomic mass is 16.5. The molecule has 1 heterocycles. The summed E-state index contributed by atoms with van der Waals surface area (Å²) in [6.45, 7) is 2.42. The van der Waals surface area contributed by atoms with Gasteiger partial charge in [-0.2, -0.15) is 0 Å². The van der Waals surface area contributed by atoms with E-state index in [1.165, 1.54) is 19.2 Å². The smallest absolute Gasteiger partial charge is 0.261 e. The van der Waals surface area contributed by atoms with Crippen LogP contribution in [-0.2, 0) is 4.74 Å². The van der Waals surface area contributed by atoms with Crippen LogP contribution in [0.15, 0.2) is 18.2 Å². The van der Waals surface area contributed by atoms with Gasteiger partial charge in [0.25, 0.3) is 17.7 Å². The number of imide groups is 1. The summed E-state index contributed by atoms with van der Waals surface area (Å²) in [6.07, 6.45) is 0. The van der Waals surface area contributed by atoms with Gasteiger partial charge in [0.05, 0.1) is 17.7 Å². The molecule has 1 aromatic carbocycles. The van der Waals surface area contributed by atoms with E-state index in [0.717, 1.165) is 4.90 Å². The average Bonchev–Trinajstić information content (AvgIpc) is 2.75. The zero-order valence-corrected chi connectivity index (χ0v) is 12.6. The molecule has 0 aliphatic carbocycles. The van der Waals surface area contributed by atoms with Crippen LogP contribution < -0.4 is 10.6 Å². The molecule has 118 valence electrons. The van der Waals surface area contributed by atoms with Crippen LogP contribution in [-0.4, -0.2) is 63.0 Å². The monoisotopic (exact) mass is 305 g/mol. The van der Waals surface area contributed by atoms with Crippen molar-refractivity contribution in [2.45, 2.75) is 0 Å². The largest absolute Gasteiger partial charge is 0.383 e. The predicted octanol–water partition coefficient (Wildman–Crippen LogP) is -0.122. The molecule has 1 aliphatic heterocycles. The van der Waals surface area contributed by atoms with Gasteiger partial charge >= 0.3 is 0 Å². The molecule has 22 heavy (non-hydrogen) atoms. The fourth-order valence-electron chi connectivity index (χ4n) is 2.17. The number of nitrogens with zero attached hydrogens (tertiary/aromatic N) is 1. The van der Waals surface area contributed by atoms with Crippen LogP contribution in [0.25, 0.3) is 0 Å². The van der Waals surface area contributed by atoms with Crippen LogP contribution in [0, 0.1) is 0 Å². The van der Waals surface area contributed by atoms with Crippen LogP contribution in [0.3, 0.4) is 0 Å². The number of ether oxygens (including phenoxy) is 1. The molecule has 0 saturated carbocycles. The highest BCUT2D eigenvalue weighted by Crippen LogP contribution is 2.22. The van der Waals surface area contributed by atoms with Crippen molar-refractivity contribution in [2.24, 2.45) is 0 Å². The van der Waals surface area contributed by atoms with Crippen molar-refractivity contribution in [2.75, 3.05) is 40.4 Å². The molecule has 0 saturated heterocycles. The third-order valence-corrected chi connectivity index (χ3v) is 3.42. The molecule has 0 atom stereocenters. The van der Waals surface area contributed by atoms with Crippen LogP contribution in [0.2, 0.25) is 0 Å². The molecule has 1 aliphatic rings. The minimum absolute atomic E-state index is 0.272. The summed E-state index contributed by atoms with van der Waals surface area (Å²) in [7, 11) is 3.05. The van der Waals surface area contributed by atoms with E-state index in [9.17, 15) is 14.4 Å². The number of carbonyl (C=O) groups excluding carboxylic acids is 3. The second kappa shape index (κ2) is 7.15. The molecule has 1 aromatic rings. The number of benzene rings is 1. The fraction of sp³-hybridized carbons (Fsp3) is 0.400. The van der Waals surface area contributed by atoms with E-state index in [2.05, 4.69) is 10.6 Å². The normalized spacial score (nSPS) is 13.5. The molecular weight excluding hydrogens is 286 g/mol. The van der Waals surface area contributed by atoms with E-state index < -0.39 is 0 Å². The summed E-state index contributed by atoms with van der Waals surface area (Å²) in [5.74, 6) is -0.990. The van der Waals surface area contributed by atoms with E-state index in [1.54, 1.807) is 13.2 Å². The summed E-state index contributed by atoms with van der Waals surface area (Å²) >= 11 is 0. The van der Waals surface area contributed by atoms with E-state index in [-0.39, 0.29) is 23.3 Å². The SMILES string of the molecule is COCCNCCNC(=O)c1ccc2c(c1)C(=O)N(C)C2=O. The Hall–Kier alpha value is -2.25. The van der Waals surface area contributed by atoms with Crippen LogP contribution in [0.4, 0.5) is 0 Å². The standard InChI is InChI=1S/C15H19N3O4/c1-18-14(20)11-4-3-10(9-12(11)15(18)21)13(19)17-6-5-16-7-8-22-2/h3-4,9,16H,5-8H2,1-2H3,(H,17,19). The number of hydrogen-bond acceptors (Lipinski definition) is 5. The summed E-state index contributed by atoms with van der Waals surface area (Å²) in [5.41, 5.74) is 0.982. The van der Waals surface area contributed by atoms with Gasteiger partial charge in [-0.05, 0) is 18.2 Å². The van der Waals surface area contributed by atoms with E-state index >= 15 is 0 Å². The Bertz CT molecular complexity index is 600. The van der Waals surface area contributed by atoms with Gasteiger partial charge in [0.1, 0.15) is 0 Å². The first-order valence-corrected chi connectivity index (χ1v) is 7.00. The lowest BCUT2D eigenvalue weighted by molar-refractivity contribution is 0.0693. The zero-order valence-electron chi connectivity index (χ0n) is 12.6. The van der Waals surface area contributed by atoms with Crippen molar-refractivity contribution in [1.29, 1.82) is 0 Å². The molecule has 3 amide bonds. The number of rotatable bonds is 7. The van der Waals surface area contributed by atoms with Gasteiger partial charge in [0.2, 0.25) is 0 Å². The second-order valence-electron chi connectivity index (χ2n) is 4.93. The van der Waals surface area contributed by atoms with Crippen molar-refractivity contribution < 1.29 is 19.1 Å². The van der Waals surface area contributed by atoms with Crippen molar-refractivity contribution >= 4 is 17.7 Å². The molecule has 0 fully saturated rings. The Morgan fingerprint density at radius 3 is 2.59 bits per heavy atom. The minimum Gasteiger partial charge on any atom is -0.383 e. The lowest BCUT2D eigenvalue weighted by Gasteiger charge is -2.07. The van der Waals surface area contributed by atoms with Gasteiger partial charge in [-0.15, -0.1) is 0 Å². The summed E-state index contributed by atoms with van der Waals surface area (Å²) < 4.78 is 4.90. The maximum Gasteiger partial charge on any atom is 0.261 e. The summed E-state index contributed by atoms with van der Waals surface area (Å²) in [6, 6.07) is 4.54. The first-order valence-electron chi connectivity index (χ1n) is 7.00. The lowest BCUT2D eigenvalue weighted by atomic mass is 10.1. The number of carbonyl (C=O) groups is 3. The maximum absolute atomic E-state index is 12.0. The quantitative estimate of drug-likeness (QED) is 0.541. The molecule has 0 unspecified atom stereocenters. The van der Waals surface area contributed by atoms with Crippen molar-refractivity contribution in [3.63, 3.8) is 0 Å². The van der Waals surface area contributed by atoms with E-state index in [4.69, 9.17) is 4.74 Å². The molecule has 7 heteroatoms. The topological polar surface area (TPSA) is 87.7 Å². The number of nitrogens with one attached hydrogen (secondary N) is 2. The van der Waals surface area contributed by atoms with Crippen molar-refractivity contribution in [1.82, 2.24) is 15.5 Å². The molecule has 7 nitrogen and oxygen atoms in total. The number of hydrogen-bond donors (Lipinski definition) is 2. The van der Waals surface area contributed by atoms with Crippen molar-refractivity contribution in [3.8, 4) is 0 Å². The molecule has 0 radical (unpaired) electrons. The fourth-order valence-corrected chi connectivity index (χ4v) is 2.17. The summed E-state index contributed by atoms with van der Waals surface area (Å²) in [5, 5.41) is 5.86. The Morgan fingerprint density at radius 1 is 1.14 bits per heavy atom.